The maximum atomic E-state index is 5.55. The van der Waals surface area contributed by atoms with Gasteiger partial charge in [0.05, 0.1) is 13.2 Å². The molecule has 0 amide bonds. The molecule has 1 heterocycles. The largest absolute Gasteiger partial charge is 0.297 e. The van der Waals surface area contributed by atoms with Gasteiger partial charge in [-0.3, -0.25) is 9.74 Å². The predicted octanol–water partition coefficient (Wildman–Crippen LogP) is 1.81. The normalized spacial score (nSPS) is 17.5. The lowest BCUT2D eigenvalue weighted by Crippen LogP contribution is -2.42. The van der Waals surface area contributed by atoms with Gasteiger partial charge in [0.1, 0.15) is 0 Å². The number of nitrogens with zero attached hydrogens (tertiary/aromatic N) is 1. The number of hydrogen-bond donors (Lipinski definition) is 1. The minimum atomic E-state index is 0.447. The Morgan fingerprint density at radius 2 is 2.00 bits per heavy atom. The number of rotatable bonds is 5. The van der Waals surface area contributed by atoms with Crippen LogP contribution in [0.3, 0.4) is 0 Å². The van der Waals surface area contributed by atoms with Crippen LogP contribution in [0.25, 0.3) is 0 Å². The molecule has 1 aromatic carbocycles. The summed E-state index contributed by atoms with van der Waals surface area (Å²) in [6, 6.07) is 10.6. The molecule has 0 atom stereocenters. The third-order valence-electron chi connectivity index (χ3n) is 3.23. The van der Waals surface area contributed by atoms with E-state index in [4.69, 9.17) is 11.3 Å². The Balaban J connectivity index is 1.63. The lowest BCUT2D eigenvalue weighted by molar-refractivity contribution is -0.0107. The Labute approximate surface area is 109 Å². The van der Waals surface area contributed by atoms with E-state index in [1.165, 1.54) is 5.56 Å². The van der Waals surface area contributed by atoms with Crippen molar-refractivity contribution in [1.82, 2.24) is 10.4 Å². The zero-order chi connectivity index (χ0) is 12.6. The average Bonchev–Trinajstić information content (AvgIpc) is 2.42. The smallest absolute Gasteiger partial charge is 0.0933 e. The maximum Gasteiger partial charge on any atom is 0.0933 e. The number of nitrogens with one attached hydrogen (secondary N) is 1. The Morgan fingerprint density at radius 1 is 1.28 bits per heavy atom. The van der Waals surface area contributed by atoms with Crippen LogP contribution in [0, 0.1) is 12.3 Å². The molecule has 96 valence electrons. The van der Waals surface area contributed by atoms with Gasteiger partial charge in [0.25, 0.3) is 0 Å². The van der Waals surface area contributed by atoms with Gasteiger partial charge in [-0.2, -0.15) is 5.48 Å². The van der Waals surface area contributed by atoms with Crippen LogP contribution in [0.4, 0.5) is 0 Å². The second-order valence-electron chi connectivity index (χ2n) is 4.65. The molecule has 0 radical (unpaired) electrons. The van der Waals surface area contributed by atoms with Crippen molar-refractivity contribution >= 4 is 0 Å². The fourth-order valence-electron chi connectivity index (χ4n) is 2.16. The Kier molecular flexibility index (Phi) is 5.22. The van der Waals surface area contributed by atoms with Crippen LogP contribution in [-0.2, 0) is 11.4 Å². The van der Waals surface area contributed by atoms with Crippen LogP contribution < -0.4 is 5.48 Å². The summed E-state index contributed by atoms with van der Waals surface area (Å²) in [5.74, 6) is 2.69. The first-order valence-electron chi connectivity index (χ1n) is 6.45. The minimum Gasteiger partial charge on any atom is -0.297 e. The van der Waals surface area contributed by atoms with Gasteiger partial charge in [0.15, 0.2) is 0 Å². The van der Waals surface area contributed by atoms with Crippen molar-refractivity contribution < 1.29 is 4.84 Å². The zero-order valence-corrected chi connectivity index (χ0v) is 10.6. The van der Waals surface area contributed by atoms with Gasteiger partial charge >= 0.3 is 0 Å². The van der Waals surface area contributed by atoms with Crippen LogP contribution in [-0.4, -0.2) is 30.6 Å². The standard InChI is InChI=1S/C15H20N2O/c1-2-10-17-11-8-15(9-12-17)16-18-13-14-6-4-3-5-7-14/h1,3-7,15-16H,8-13H2. The number of likely N-dealkylation sites (tertiary alicyclic amines) is 1. The van der Waals surface area contributed by atoms with E-state index in [1.807, 2.05) is 18.2 Å². The molecule has 0 unspecified atom stereocenters. The fraction of sp³-hybridized carbons (Fsp3) is 0.467. The molecule has 1 aliphatic rings. The molecule has 18 heavy (non-hydrogen) atoms. The lowest BCUT2D eigenvalue weighted by atomic mass is 10.1. The van der Waals surface area contributed by atoms with Gasteiger partial charge < -0.3 is 0 Å². The van der Waals surface area contributed by atoms with E-state index < -0.39 is 0 Å². The van der Waals surface area contributed by atoms with Crippen LogP contribution in [0.5, 0.6) is 0 Å². The summed E-state index contributed by atoms with van der Waals surface area (Å²) >= 11 is 0. The molecule has 0 spiro atoms. The molecule has 1 fully saturated rings. The molecule has 1 aliphatic heterocycles. The van der Waals surface area contributed by atoms with E-state index in [9.17, 15) is 0 Å². The van der Waals surface area contributed by atoms with Crippen molar-refractivity contribution in [3.05, 3.63) is 35.9 Å². The SMILES string of the molecule is C#CCN1CCC(NOCc2ccccc2)CC1. The molecule has 0 bridgehead atoms. The molecular formula is C15H20N2O. The number of piperidine rings is 1. The third-order valence-corrected chi connectivity index (χ3v) is 3.23. The summed E-state index contributed by atoms with van der Waals surface area (Å²) in [5.41, 5.74) is 4.34. The first-order valence-corrected chi connectivity index (χ1v) is 6.45. The summed E-state index contributed by atoms with van der Waals surface area (Å²) in [6.07, 6.45) is 7.49. The molecule has 1 N–H and O–H groups in total. The zero-order valence-electron chi connectivity index (χ0n) is 10.6. The van der Waals surface area contributed by atoms with Crippen molar-refractivity contribution in [2.75, 3.05) is 19.6 Å². The van der Waals surface area contributed by atoms with Crippen LogP contribution in [0.1, 0.15) is 18.4 Å². The van der Waals surface area contributed by atoms with E-state index in [0.717, 1.165) is 32.5 Å². The fourth-order valence-corrected chi connectivity index (χ4v) is 2.16. The van der Waals surface area contributed by atoms with Gasteiger partial charge in [-0.25, -0.2) is 0 Å². The maximum absolute atomic E-state index is 5.55. The van der Waals surface area contributed by atoms with Crippen LogP contribution in [0.2, 0.25) is 0 Å². The molecule has 0 aliphatic carbocycles. The van der Waals surface area contributed by atoms with Gasteiger partial charge in [-0.15, -0.1) is 6.42 Å². The second kappa shape index (κ2) is 7.17. The van der Waals surface area contributed by atoms with Gasteiger partial charge in [-0.1, -0.05) is 36.3 Å². The highest BCUT2D eigenvalue weighted by Gasteiger charge is 2.18. The summed E-state index contributed by atoms with van der Waals surface area (Å²) in [7, 11) is 0. The van der Waals surface area contributed by atoms with E-state index >= 15 is 0 Å². The van der Waals surface area contributed by atoms with Gasteiger partial charge in [0, 0.05) is 19.1 Å². The number of hydrogen-bond acceptors (Lipinski definition) is 3. The first kappa shape index (κ1) is 13.1. The van der Waals surface area contributed by atoms with Crippen molar-refractivity contribution in [3.8, 4) is 12.3 Å². The Hall–Kier alpha value is -1.34. The van der Waals surface area contributed by atoms with E-state index in [1.54, 1.807) is 0 Å². The molecule has 1 saturated heterocycles. The Morgan fingerprint density at radius 3 is 2.67 bits per heavy atom. The topological polar surface area (TPSA) is 24.5 Å². The highest BCUT2D eigenvalue weighted by molar-refractivity contribution is 5.13. The molecule has 0 saturated carbocycles. The third kappa shape index (κ3) is 4.15. The minimum absolute atomic E-state index is 0.447. The number of hydroxylamine groups is 1. The number of terminal acetylenes is 1. The summed E-state index contributed by atoms with van der Waals surface area (Å²) in [4.78, 5) is 7.85. The molecule has 0 aromatic heterocycles. The summed E-state index contributed by atoms with van der Waals surface area (Å²) < 4.78 is 0. The Bertz CT molecular complexity index is 377. The molecule has 3 nitrogen and oxygen atoms in total. The highest BCUT2D eigenvalue weighted by atomic mass is 16.6. The molecule has 2 rings (SSSR count). The highest BCUT2D eigenvalue weighted by Crippen LogP contribution is 2.10. The van der Waals surface area contributed by atoms with Crippen LogP contribution in [0.15, 0.2) is 30.3 Å². The monoisotopic (exact) mass is 244 g/mol. The molecule has 1 aromatic rings. The molecular weight excluding hydrogens is 224 g/mol. The summed E-state index contributed by atoms with van der Waals surface area (Å²) in [5, 5.41) is 0. The van der Waals surface area contributed by atoms with Crippen molar-refractivity contribution in [1.29, 1.82) is 0 Å². The quantitative estimate of drug-likeness (QED) is 0.631. The summed E-state index contributed by atoms with van der Waals surface area (Å²) in [6.45, 7) is 3.48. The van der Waals surface area contributed by atoms with Crippen LogP contribution >= 0.6 is 0 Å². The van der Waals surface area contributed by atoms with Crippen molar-refractivity contribution in [3.63, 3.8) is 0 Å². The lowest BCUT2D eigenvalue weighted by Gasteiger charge is -2.30. The number of benzene rings is 1. The van der Waals surface area contributed by atoms with E-state index in [2.05, 4.69) is 28.4 Å². The van der Waals surface area contributed by atoms with Gasteiger partial charge in [-0.05, 0) is 18.4 Å². The van der Waals surface area contributed by atoms with E-state index in [0.29, 0.717) is 12.6 Å². The molecule has 3 heteroatoms. The second-order valence-corrected chi connectivity index (χ2v) is 4.65. The van der Waals surface area contributed by atoms with Crippen molar-refractivity contribution in [2.24, 2.45) is 0 Å². The average molecular weight is 244 g/mol. The predicted molar refractivity (Wildman–Crippen MR) is 72.7 cm³/mol. The van der Waals surface area contributed by atoms with Crippen molar-refractivity contribution in [2.45, 2.75) is 25.5 Å². The van der Waals surface area contributed by atoms with Gasteiger partial charge in [0.2, 0.25) is 0 Å². The first-order chi connectivity index (χ1) is 8.88. The van der Waals surface area contributed by atoms with E-state index in [-0.39, 0.29) is 0 Å².